The molecule has 3 rings (SSSR count). The maximum absolute atomic E-state index is 12.4. The van der Waals surface area contributed by atoms with E-state index >= 15 is 0 Å². The number of carboxylic acid groups (broad SMARTS) is 1. The van der Waals surface area contributed by atoms with E-state index in [4.69, 9.17) is 14.6 Å². The standard InChI is InChI=1S/C13H14N2O6/c1-14-11(17)8-10(20-2)9(16)6(13(18)19)5-15(8)7-3-4-21-12(7)14/h5,7,12H,3-4H2,1-2H3,(H,18,19)/t7?,12-/m0/s1. The van der Waals surface area contributed by atoms with Gasteiger partial charge in [-0.15, -0.1) is 0 Å². The zero-order chi connectivity index (χ0) is 15.3. The van der Waals surface area contributed by atoms with Gasteiger partial charge in [-0.25, -0.2) is 4.79 Å². The first-order chi connectivity index (χ1) is 9.97. The predicted octanol–water partition coefficient (Wildman–Crippen LogP) is -0.0718. The van der Waals surface area contributed by atoms with Crippen molar-refractivity contribution in [2.24, 2.45) is 0 Å². The number of hydrogen-bond acceptors (Lipinski definition) is 5. The molecule has 2 aliphatic heterocycles. The molecule has 21 heavy (non-hydrogen) atoms. The summed E-state index contributed by atoms with van der Waals surface area (Å²) in [5.41, 5.74) is -1.14. The number of fused-ring (bicyclic) bond motifs is 3. The number of amides is 1. The minimum Gasteiger partial charge on any atom is -0.491 e. The Balaban J connectivity index is 2.33. The number of carboxylic acids is 1. The van der Waals surface area contributed by atoms with Gasteiger partial charge in [0.05, 0.1) is 19.8 Å². The van der Waals surface area contributed by atoms with Gasteiger partial charge in [-0.3, -0.25) is 9.59 Å². The number of methoxy groups -OCH3 is 1. The van der Waals surface area contributed by atoms with Crippen LogP contribution in [0.1, 0.15) is 33.3 Å². The quantitative estimate of drug-likeness (QED) is 0.819. The SMILES string of the molecule is COc1c2n(cc(C(=O)O)c1=O)C1CCO[C@@H]1N(C)C2=O. The number of ether oxygens (including phenoxy) is 2. The molecule has 0 bridgehead atoms. The Morgan fingerprint density at radius 1 is 1.48 bits per heavy atom. The van der Waals surface area contributed by atoms with Crippen LogP contribution in [-0.4, -0.2) is 53.4 Å². The molecule has 8 heteroatoms. The number of carbonyl (C=O) groups excluding carboxylic acids is 1. The average Bonchev–Trinajstić information content (AvgIpc) is 2.93. The van der Waals surface area contributed by atoms with Crippen molar-refractivity contribution < 1.29 is 24.2 Å². The maximum Gasteiger partial charge on any atom is 0.341 e. The van der Waals surface area contributed by atoms with Gasteiger partial charge in [0.15, 0.2) is 17.7 Å². The molecule has 1 saturated heterocycles. The highest BCUT2D eigenvalue weighted by Gasteiger charge is 2.44. The largest absolute Gasteiger partial charge is 0.491 e. The Hall–Kier alpha value is -2.35. The fourth-order valence-electron chi connectivity index (χ4n) is 2.91. The van der Waals surface area contributed by atoms with Crippen LogP contribution < -0.4 is 10.2 Å². The van der Waals surface area contributed by atoms with Crippen molar-refractivity contribution in [3.8, 4) is 5.75 Å². The maximum atomic E-state index is 12.4. The lowest BCUT2D eigenvalue weighted by Crippen LogP contribution is -2.48. The van der Waals surface area contributed by atoms with Gasteiger partial charge >= 0.3 is 5.97 Å². The van der Waals surface area contributed by atoms with E-state index in [1.54, 1.807) is 7.05 Å². The Bertz CT molecular complexity index is 695. The van der Waals surface area contributed by atoms with Gasteiger partial charge in [0, 0.05) is 13.2 Å². The highest BCUT2D eigenvalue weighted by molar-refractivity contribution is 5.97. The van der Waals surface area contributed by atoms with Gasteiger partial charge in [0.1, 0.15) is 5.56 Å². The second kappa shape index (κ2) is 4.59. The minimum atomic E-state index is -1.35. The zero-order valence-electron chi connectivity index (χ0n) is 11.5. The first-order valence-corrected chi connectivity index (χ1v) is 6.42. The fraction of sp³-hybridized carbons (Fsp3) is 0.462. The molecule has 1 aromatic rings. The number of carbonyl (C=O) groups is 2. The molecule has 0 aromatic carbocycles. The Labute approximate surface area is 119 Å². The van der Waals surface area contributed by atoms with E-state index in [1.807, 2.05) is 0 Å². The number of likely N-dealkylation sites (N-methyl/N-ethyl adjacent to an activating group) is 1. The molecule has 8 nitrogen and oxygen atoms in total. The van der Waals surface area contributed by atoms with Crippen LogP contribution in [0.15, 0.2) is 11.0 Å². The third kappa shape index (κ3) is 1.75. The van der Waals surface area contributed by atoms with Gasteiger partial charge in [0.2, 0.25) is 5.43 Å². The van der Waals surface area contributed by atoms with Crippen molar-refractivity contribution in [2.75, 3.05) is 20.8 Å². The van der Waals surface area contributed by atoms with Crippen LogP contribution in [0.5, 0.6) is 5.75 Å². The lowest BCUT2D eigenvalue weighted by atomic mass is 10.1. The molecule has 1 fully saturated rings. The van der Waals surface area contributed by atoms with E-state index in [0.29, 0.717) is 13.0 Å². The van der Waals surface area contributed by atoms with Crippen molar-refractivity contribution in [1.29, 1.82) is 0 Å². The number of nitrogens with zero attached hydrogens (tertiary/aromatic N) is 2. The molecule has 2 atom stereocenters. The average molecular weight is 294 g/mol. The van der Waals surface area contributed by atoms with Crippen LogP contribution in [0.3, 0.4) is 0 Å². The van der Waals surface area contributed by atoms with E-state index in [1.165, 1.54) is 22.8 Å². The summed E-state index contributed by atoms with van der Waals surface area (Å²) in [7, 11) is 2.83. The third-order valence-corrected chi connectivity index (χ3v) is 3.92. The van der Waals surface area contributed by atoms with Crippen LogP contribution in [0.4, 0.5) is 0 Å². The lowest BCUT2D eigenvalue weighted by Gasteiger charge is -2.37. The summed E-state index contributed by atoms with van der Waals surface area (Å²) in [6.45, 7) is 0.462. The van der Waals surface area contributed by atoms with Crippen molar-refractivity contribution in [2.45, 2.75) is 18.7 Å². The van der Waals surface area contributed by atoms with Crippen molar-refractivity contribution in [3.63, 3.8) is 0 Å². The predicted molar refractivity (Wildman–Crippen MR) is 69.7 cm³/mol. The van der Waals surface area contributed by atoms with E-state index < -0.39 is 29.1 Å². The van der Waals surface area contributed by atoms with Gasteiger partial charge in [-0.1, -0.05) is 0 Å². The van der Waals surface area contributed by atoms with Gasteiger partial charge in [-0.2, -0.15) is 0 Å². The topological polar surface area (TPSA) is 98.1 Å². The molecular weight excluding hydrogens is 280 g/mol. The van der Waals surface area contributed by atoms with Crippen molar-refractivity contribution in [1.82, 2.24) is 9.47 Å². The number of aromatic nitrogens is 1. The molecule has 0 radical (unpaired) electrons. The van der Waals surface area contributed by atoms with Crippen LogP contribution in [0.2, 0.25) is 0 Å². The second-order valence-electron chi connectivity index (χ2n) is 5.00. The molecule has 3 heterocycles. The summed E-state index contributed by atoms with van der Waals surface area (Å²) in [6.07, 6.45) is 1.37. The molecule has 1 unspecified atom stereocenters. The smallest absolute Gasteiger partial charge is 0.341 e. The monoisotopic (exact) mass is 294 g/mol. The first-order valence-electron chi connectivity index (χ1n) is 6.42. The summed E-state index contributed by atoms with van der Waals surface area (Å²) in [6, 6.07) is -0.227. The van der Waals surface area contributed by atoms with E-state index in [-0.39, 0.29) is 17.5 Å². The van der Waals surface area contributed by atoms with Crippen molar-refractivity contribution >= 4 is 11.9 Å². The summed E-state index contributed by atoms with van der Waals surface area (Å²) >= 11 is 0. The lowest BCUT2D eigenvalue weighted by molar-refractivity contribution is -0.0239. The number of hydrogen-bond donors (Lipinski definition) is 1. The molecule has 1 aromatic heterocycles. The number of pyridine rings is 1. The summed E-state index contributed by atoms with van der Waals surface area (Å²) in [4.78, 5) is 37.2. The van der Waals surface area contributed by atoms with Crippen molar-refractivity contribution in [3.05, 3.63) is 27.7 Å². The highest BCUT2D eigenvalue weighted by atomic mass is 16.5. The first kappa shape index (κ1) is 13.6. The van der Waals surface area contributed by atoms with Gasteiger partial charge in [-0.05, 0) is 6.42 Å². The normalized spacial score (nSPS) is 23.7. The molecule has 1 N–H and O–H groups in total. The highest BCUT2D eigenvalue weighted by Crippen LogP contribution is 2.36. The molecular formula is C13H14N2O6. The Morgan fingerprint density at radius 2 is 2.19 bits per heavy atom. The second-order valence-corrected chi connectivity index (χ2v) is 5.00. The van der Waals surface area contributed by atoms with Crippen LogP contribution in [-0.2, 0) is 4.74 Å². The summed E-state index contributed by atoms with van der Waals surface area (Å²) in [5, 5.41) is 9.15. The van der Waals surface area contributed by atoms with E-state index in [2.05, 4.69) is 0 Å². The Morgan fingerprint density at radius 3 is 2.81 bits per heavy atom. The van der Waals surface area contributed by atoms with Crippen LogP contribution in [0, 0.1) is 0 Å². The van der Waals surface area contributed by atoms with Crippen LogP contribution in [0.25, 0.3) is 0 Å². The third-order valence-electron chi connectivity index (χ3n) is 3.92. The zero-order valence-corrected chi connectivity index (χ0v) is 11.5. The molecule has 0 aliphatic carbocycles. The van der Waals surface area contributed by atoms with Gasteiger partial charge in [0.25, 0.3) is 5.91 Å². The fourth-order valence-corrected chi connectivity index (χ4v) is 2.91. The van der Waals surface area contributed by atoms with E-state index in [9.17, 15) is 14.4 Å². The summed E-state index contributed by atoms with van der Waals surface area (Å²) in [5.74, 6) is -2.02. The van der Waals surface area contributed by atoms with Gasteiger partial charge < -0.3 is 24.0 Å². The molecule has 0 spiro atoms. The number of rotatable bonds is 2. The Kier molecular flexibility index (Phi) is 2.98. The molecule has 0 saturated carbocycles. The number of aromatic carboxylic acids is 1. The van der Waals surface area contributed by atoms with Crippen LogP contribution >= 0.6 is 0 Å². The van der Waals surface area contributed by atoms with E-state index in [0.717, 1.165) is 0 Å². The molecule has 1 amide bonds. The molecule has 112 valence electrons. The molecule has 2 aliphatic rings. The summed E-state index contributed by atoms with van der Waals surface area (Å²) < 4.78 is 12.0. The minimum absolute atomic E-state index is 0.0711.